The highest BCUT2D eigenvalue weighted by Crippen LogP contribution is 2.21. The Morgan fingerprint density at radius 3 is 2.55 bits per heavy atom. The van der Waals surface area contributed by atoms with Crippen LogP contribution in [0.25, 0.3) is 11.5 Å². The molecule has 4 rings (SSSR count). The van der Waals surface area contributed by atoms with E-state index in [1.165, 1.54) is 23.8 Å². The summed E-state index contributed by atoms with van der Waals surface area (Å²) in [6.07, 6.45) is 6.50. The summed E-state index contributed by atoms with van der Waals surface area (Å²) >= 11 is 5.28. The third-order valence-electron chi connectivity index (χ3n) is 6.04. The smallest absolute Gasteiger partial charge is 0.292 e. The number of halogens is 1. The van der Waals surface area contributed by atoms with E-state index < -0.39 is 0 Å². The molecule has 8 heteroatoms. The van der Waals surface area contributed by atoms with Gasteiger partial charge in [0.2, 0.25) is 11.8 Å². The molecule has 1 aromatic heterocycles. The summed E-state index contributed by atoms with van der Waals surface area (Å²) in [4.78, 5) is 16.5. The van der Waals surface area contributed by atoms with Crippen molar-refractivity contribution in [2.24, 2.45) is 5.92 Å². The van der Waals surface area contributed by atoms with Gasteiger partial charge < -0.3 is 14.2 Å². The molecule has 0 unspecified atom stereocenters. The number of piperidine rings is 1. The molecule has 2 fully saturated rings. The Hall–Kier alpha value is -2.06. The minimum Gasteiger partial charge on any atom is -0.409 e. The molecule has 0 bridgehead atoms. The first kappa shape index (κ1) is 20.2. The monoisotopic (exact) mass is 419 g/mol. The number of nitrogens with one attached hydrogen (secondary N) is 1. The number of hydrogen-bond donors (Lipinski definition) is 1. The van der Waals surface area contributed by atoms with Gasteiger partial charge in [0.05, 0.1) is 18.7 Å². The van der Waals surface area contributed by atoms with Crippen LogP contribution in [0.15, 0.2) is 28.7 Å². The van der Waals surface area contributed by atoms with Crippen LogP contribution in [0.4, 0.5) is 4.39 Å². The Labute approximate surface area is 175 Å². The van der Waals surface area contributed by atoms with E-state index in [9.17, 15) is 9.18 Å². The summed E-state index contributed by atoms with van der Waals surface area (Å²) in [5, 5.41) is 4.38. The molecule has 2 aliphatic heterocycles. The first-order valence-electron chi connectivity index (χ1n) is 10.6. The Bertz CT molecular complexity index is 896. The quantitative estimate of drug-likeness (QED) is 0.775. The van der Waals surface area contributed by atoms with E-state index in [1.807, 2.05) is 0 Å². The summed E-state index contributed by atoms with van der Waals surface area (Å²) < 4.78 is 21.1. The van der Waals surface area contributed by atoms with Gasteiger partial charge in [0.15, 0.2) is 6.67 Å². The number of quaternary nitrogens is 1. The van der Waals surface area contributed by atoms with Crippen molar-refractivity contribution in [1.82, 2.24) is 14.7 Å². The molecule has 1 amide bonds. The molecule has 29 heavy (non-hydrogen) atoms. The predicted molar refractivity (Wildman–Crippen MR) is 109 cm³/mol. The molecule has 0 aliphatic carbocycles. The van der Waals surface area contributed by atoms with Crippen LogP contribution in [0.5, 0.6) is 0 Å². The van der Waals surface area contributed by atoms with Gasteiger partial charge in [-0.3, -0.25) is 4.79 Å². The number of rotatable bonds is 4. The molecule has 0 spiro atoms. The number of amides is 1. The van der Waals surface area contributed by atoms with Gasteiger partial charge >= 0.3 is 0 Å². The molecule has 1 aromatic carbocycles. The van der Waals surface area contributed by atoms with Crippen molar-refractivity contribution in [2.75, 3.05) is 26.2 Å². The van der Waals surface area contributed by atoms with Crippen molar-refractivity contribution in [2.45, 2.75) is 45.2 Å². The van der Waals surface area contributed by atoms with Crippen molar-refractivity contribution >= 4 is 18.1 Å². The standard InChI is InChI=1S/C21H27FN4O2S/c22-18-8-4-3-7-17(18)19-23-26(21(29)28-19)15-24-13-9-16(10-14-24)20(27)25-11-5-1-2-6-12-25/h3-4,7-8,16H,1-2,5-6,9-15H2/p+1. The number of benzene rings is 1. The molecular formula is C21H28FN4O2S+. The lowest BCUT2D eigenvalue weighted by molar-refractivity contribution is -0.929. The van der Waals surface area contributed by atoms with Crippen LogP contribution in [0.1, 0.15) is 38.5 Å². The fraction of sp³-hybridized carbons (Fsp3) is 0.571. The van der Waals surface area contributed by atoms with Gasteiger partial charge in [-0.05, 0) is 37.2 Å². The number of aromatic nitrogens is 2. The maximum absolute atomic E-state index is 14.0. The van der Waals surface area contributed by atoms with Gasteiger partial charge in [-0.2, -0.15) is 4.68 Å². The van der Waals surface area contributed by atoms with Crippen LogP contribution in [-0.2, 0) is 11.5 Å². The van der Waals surface area contributed by atoms with Gasteiger partial charge in [-0.15, -0.1) is 5.10 Å². The highest BCUT2D eigenvalue weighted by Gasteiger charge is 2.31. The minimum absolute atomic E-state index is 0.135. The van der Waals surface area contributed by atoms with Crippen LogP contribution >= 0.6 is 12.2 Å². The topological polar surface area (TPSA) is 55.7 Å². The lowest BCUT2D eigenvalue weighted by atomic mass is 9.95. The third kappa shape index (κ3) is 4.75. The Morgan fingerprint density at radius 1 is 1.17 bits per heavy atom. The summed E-state index contributed by atoms with van der Waals surface area (Å²) in [6, 6.07) is 6.39. The summed E-state index contributed by atoms with van der Waals surface area (Å²) in [5.74, 6) is 0.303. The average Bonchev–Trinajstić information content (AvgIpc) is 2.93. The van der Waals surface area contributed by atoms with Gasteiger partial charge in [-0.25, -0.2) is 4.39 Å². The molecule has 2 aliphatic rings. The van der Waals surface area contributed by atoms with Crippen LogP contribution < -0.4 is 4.90 Å². The third-order valence-corrected chi connectivity index (χ3v) is 6.34. The molecule has 2 aromatic rings. The Kier molecular flexibility index (Phi) is 6.40. The molecule has 3 heterocycles. The SMILES string of the molecule is O=C(C1CC[NH+](Cn2nc(-c3ccccc3F)oc2=S)CC1)N1CCCCCC1. The van der Waals surface area contributed by atoms with E-state index in [2.05, 4.69) is 10.00 Å². The van der Waals surface area contributed by atoms with Gasteiger partial charge in [0.25, 0.3) is 4.84 Å². The van der Waals surface area contributed by atoms with E-state index in [1.54, 1.807) is 22.9 Å². The lowest BCUT2D eigenvalue weighted by Crippen LogP contribution is -3.12. The van der Waals surface area contributed by atoms with Crippen molar-refractivity contribution in [3.8, 4) is 11.5 Å². The van der Waals surface area contributed by atoms with E-state index in [4.69, 9.17) is 16.6 Å². The van der Waals surface area contributed by atoms with Crippen LogP contribution in [0, 0.1) is 16.6 Å². The maximum atomic E-state index is 14.0. The van der Waals surface area contributed by atoms with Crippen molar-refractivity contribution in [3.63, 3.8) is 0 Å². The molecular weight excluding hydrogens is 391 g/mol. The fourth-order valence-electron chi connectivity index (χ4n) is 4.34. The minimum atomic E-state index is -0.379. The van der Waals surface area contributed by atoms with Gasteiger partial charge in [0, 0.05) is 31.8 Å². The van der Waals surface area contributed by atoms with Gasteiger partial charge in [-0.1, -0.05) is 25.0 Å². The molecule has 0 radical (unpaired) electrons. The van der Waals surface area contributed by atoms with E-state index >= 15 is 0 Å². The summed E-state index contributed by atoms with van der Waals surface area (Å²) in [5.41, 5.74) is 0.314. The average molecular weight is 420 g/mol. The molecule has 156 valence electrons. The zero-order valence-corrected chi connectivity index (χ0v) is 17.4. The second-order valence-corrected chi connectivity index (χ2v) is 8.42. The highest BCUT2D eigenvalue weighted by atomic mass is 32.1. The number of carbonyl (C=O) groups excluding carboxylic acids is 1. The number of hydrogen-bond acceptors (Lipinski definition) is 4. The first-order chi connectivity index (χ1) is 14.1. The normalized spacial score (nSPS) is 23.0. The van der Waals surface area contributed by atoms with E-state index in [-0.39, 0.29) is 22.5 Å². The van der Waals surface area contributed by atoms with Crippen molar-refractivity contribution < 1.29 is 18.5 Å². The zero-order chi connectivity index (χ0) is 20.2. The number of nitrogens with zero attached hydrogens (tertiary/aromatic N) is 3. The Morgan fingerprint density at radius 2 is 1.86 bits per heavy atom. The highest BCUT2D eigenvalue weighted by molar-refractivity contribution is 7.71. The molecule has 6 nitrogen and oxygen atoms in total. The van der Waals surface area contributed by atoms with Crippen LogP contribution in [0.2, 0.25) is 0 Å². The zero-order valence-electron chi connectivity index (χ0n) is 16.6. The van der Waals surface area contributed by atoms with E-state index in [0.29, 0.717) is 18.1 Å². The summed E-state index contributed by atoms with van der Waals surface area (Å²) in [6.45, 7) is 4.20. The maximum Gasteiger partial charge on any atom is 0.292 e. The summed E-state index contributed by atoms with van der Waals surface area (Å²) in [7, 11) is 0. The predicted octanol–water partition coefficient (Wildman–Crippen LogP) is 2.67. The Balaban J connectivity index is 1.35. The molecule has 2 saturated heterocycles. The van der Waals surface area contributed by atoms with Crippen molar-refractivity contribution in [3.05, 3.63) is 34.9 Å². The second kappa shape index (κ2) is 9.17. The molecule has 0 atom stereocenters. The second-order valence-electron chi connectivity index (χ2n) is 8.07. The van der Waals surface area contributed by atoms with Crippen LogP contribution in [0.3, 0.4) is 0 Å². The first-order valence-corrected chi connectivity index (χ1v) is 11.0. The largest absolute Gasteiger partial charge is 0.409 e. The lowest BCUT2D eigenvalue weighted by Gasteiger charge is -2.31. The van der Waals surface area contributed by atoms with Gasteiger partial charge in [0.1, 0.15) is 5.82 Å². The molecule has 0 saturated carbocycles. The van der Waals surface area contributed by atoms with Crippen LogP contribution in [-0.4, -0.2) is 46.8 Å². The number of likely N-dealkylation sites (tertiary alicyclic amines) is 2. The molecule has 1 N–H and O–H groups in total. The number of carbonyl (C=O) groups is 1. The fourth-order valence-corrected chi connectivity index (χ4v) is 4.53. The van der Waals surface area contributed by atoms with Crippen molar-refractivity contribution in [1.29, 1.82) is 0 Å². The van der Waals surface area contributed by atoms with E-state index in [0.717, 1.165) is 51.9 Å².